The van der Waals surface area contributed by atoms with E-state index in [-0.39, 0.29) is 78.0 Å². The van der Waals surface area contributed by atoms with E-state index >= 15 is 0 Å². The van der Waals surface area contributed by atoms with Crippen molar-refractivity contribution in [2.75, 3.05) is 6.54 Å². The molecule has 0 fully saturated rings. The molecule has 0 spiro atoms. The van der Waals surface area contributed by atoms with Crippen molar-refractivity contribution in [3.05, 3.63) is 33.2 Å². The van der Waals surface area contributed by atoms with E-state index in [2.05, 4.69) is 5.10 Å². The van der Waals surface area contributed by atoms with E-state index in [0.717, 1.165) is 6.20 Å². The van der Waals surface area contributed by atoms with Crippen LogP contribution in [0, 0.1) is 5.92 Å². The lowest BCUT2D eigenvalue weighted by Gasteiger charge is -2.43. The van der Waals surface area contributed by atoms with Crippen molar-refractivity contribution in [1.82, 2.24) is 14.7 Å². The van der Waals surface area contributed by atoms with E-state index in [9.17, 15) is 14.4 Å². The van der Waals surface area contributed by atoms with Crippen molar-refractivity contribution >= 4 is 145 Å². The third kappa shape index (κ3) is 5.38. The number of ether oxygens (including phenoxy) is 1. The fraction of sp³-hybridized carbons (Fsp3) is 0.333. The van der Waals surface area contributed by atoms with Crippen LogP contribution in [-0.4, -0.2) is 118 Å². The first-order chi connectivity index (χ1) is 20.4. The predicted molar refractivity (Wildman–Crippen MR) is 183 cm³/mol. The van der Waals surface area contributed by atoms with E-state index in [1.54, 1.807) is 27.7 Å². The number of carbonyl (C=O) groups excluding carboxylic acids is 2. The van der Waals surface area contributed by atoms with Gasteiger partial charge in [0.15, 0.2) is 5.69 Å². The summed E-state index contributed by atoms with van der Waals surface area (Å²) in [6.07, 6.45) is 0.922. The second-order valence-electron chi connectivity index (χ2n) is 11.3. The van der Waals surface area contributed by atoms with E-state index in [4.69, 9.17) is 83.2 Å². The second kappa shape index (κ2) is 12.4. The Morgan fingerprint density at radius 2 is 1.16 bits per heavy atom. The van der Waals surface area contributed by atoms with Crippen LogP contribution < -0.4 is 64.8 Å². The number of hydrogen-bond donors (Lipinski definition) is 0. The number of hydrogen-bond acceptors (Lipinski definition) is 5. The summed E-state index contributed by atoms with van der Waals surface area (Å²) in [4.78, 5) is 41.1. The van der Waals surface area contributed by atoms with Gasteiger partial charge in [0.2, 0.25) is 11.2 Å². The Hall–Kier alpha value is -3.09. The second-order valence-corrected chi connectivity index (χ2v) is 11.3. The molecule has 1 aliphatic heterocycles. The molecule has 1 aromatic heterocycles. The van der Waals surface area contributed by atoms with E-state index in [1.165, 1.54) is 9.58 Å². The zero-order valence-electron chi connectivity index (χ0n) is 24.8. The largest absolute Gasteiger partial charge is 0.420 e. The number of aromatic nitrogens is 2. The van der Waals surface area contributed by atoms with Gasteiger partial charge in [0.05, 0.1) is 18.2 Å². The van der Waals surface area contributed by atoms with Gasteiger partial charge in [-0.15, -0.1) is 54.6 Å². The molecule has 0 bridgehead atoms. The Labute approximate surface area is 270 Å². The number of rotatable bonds is 6. The van der Waals surface area contributed by atoms with Gasteiger partial charge >= 0.3 is 5.97 Å². The van der Waals surface area contributed by atoms with Crippen molar-refractivity contribution in [1.29, 1.82) is 0 Å². The maximum absolute atomic E-state index is 13.9. The third-order valence-corrected chi connectivity index (χ3v) is 7.91. The molecule has 7 nitrogen and oxygen atoms in total. The Balaban J connectivity index is 2.21. The minimum Gasteiger partial charge on any atom is -0.420 e. The molecule has 3 aromatic rings. The van der Waals surface area contributed by atoms with Crippen LogP contribution in [0.15, 0.2) is 11.0 Å². The summed E-state index contributed by atoms with van der Waals surface area (Å²) in [6, 6.07) is -1.42. The van der Waals surface area contributed by atoms with Crippen LogP contribution in [0.1, 0.15) is 61.3 Å². The summed E-state index contributed by atoms with van der Waals surface area (Å²) < 4.78 is 6.71. The molecule has 1 aliphatic rings. The van der Waals surface area contributed by atoms with Gasteiger partial charge in [-0.05, 0) is 13.8 Å². The lowest BCUT2D eigenvalue weighted by Crippen LogP contribution is -2.61. The standard InChI is InChI=1S/C27H19B10N3O4/c1-7(2)27(43)44-25-10(41)5-38-40-9(6-39(8(3)4)26(42)24(25)40)11(12-14(28)18(32)22(36)19(33)15(12)29)13-16(30)20(34)23(37)21(35)17(13)31/h5,7-9,11H,6H2,1-4H3/t9-/m1/s1. The van der Waals surface area contributed by atoms with Gasteiger partial charge in [0.25, 0.3) is 5.91 Å². The Morgan fingerprint density at radius 3 is 1.55 bits per heavy atom. The first kappa shape index (κ1) is 33.8. The smallest absolute Gasteiger partial charge is 0.313 e. The highest BCUT2D eigenvalue weighted by molar-refractivity contribution is 6.68. The molecule has 0 N–H and O–H groups in total. The lowest BCUT2D eigenvalue weighted by atomic mass is 9.54. The molecule has 1 atom stereocenters. The fourth-order valence-electron chi connectivity index (χ4n) is 5.35. The highest BCUT2D eigenvalue weighted by atomic mass is 16.5. The number of benzene rings is 2. The number of amides is 1. The maximum Gasteiger partial charge on any atom is 0.313 e. The molecule has 2 aromatic carbocycles. The molecule has 0 aliphatic carbocycles. The summed E-state index contributed by atoms with van der Waals surface area (Å²) in [6.45, 7) is 6.62. The van der Waals surface area contributed by atoms with Crippen molar-refractivity contribution in [3.63, 3.8) is 0 Å². The van der Waals surface area contributed by atoms with Gasteiger partial charge in [-0.25, -0.2) is 0 Å². The Bertz CT molecular complexity index is 1650. The monoisotopic (exact) mass is 559 g/mol. The Morgan fingerprint density at radius 1 is 0.750 bits per heavy atom. The SMILES string of the molecule is [B]c1c([B])c([B])c(C(c2c([B])c([B])c([B])c([B])c2[B])[C@H]2CN(C(C)C)C(=O)c3c(OC(=O)C(C)C)c(=O)cnn32)c([B])c1[B]. The van der Waals surface area contributed by atoms with Crippen LogP contribution in [0.2, 0.25) is 0 Å². The zero-order chi connectivity index (χ0) is 33.1. The van der Waals surface area contributed by atoms with Crippen molar-refractivity contribution < 1.29 is 14.3 Å². The summed E-state index contributed by atoms with van der Waals surface area (Å²) in [7, 11) is 63.5. The highest BCUT2D eigenvalue weighted by Crippen LogP contribution is 2.37. The van der Waals surface area contributed by atoms with Gasteiger partial charge in [0.1, 0.15) is 78.5 Å². The summed E-state index contributed by atoms with van der Waals surface area (Å²) in [5, 5.41) is 4.30. The first-order valence-corrected chi connectivity index (χ1v) is 13.6. The molecule has 44 heavy (non-hydrogen) atoms. The van der Waals surface area contributed by atoms with Crippen molar-refractivity contribution in [3.8, 4) is 5.75 Å². The van der Waals surface area contributed by atoms with Crippen LogP contribution in [0.3, 0.4) is 0 Å². The molecule has 17 heteroatoms. The summed E-state index contributed by atoms with van der Waals surface area (Å²) in [5.74, 6) is -3.62. The van der Waals surface area contributed by atoms with Gasteiger partial charge < -0.3 is 9.64 Å². The van der Waals surface area contributed by atoms with E-state index in [0.29, 0.717) is 0 Å². The summed E-state index contributed by atoms with van der Waals surface area (Å²) in [5.41, 5.74) is -1.46. The minimum absolute atomic E-state index is 0.0486. The molecular formula is C27H19B10N3O4. The van der Waals surface area contributed by atoms with E-state index in [1.807, 2.05) is 0 Å². The van der Waals surface area contributed by atoms with Crippen molar-refractivity contribution in [2.45, 2.75) is 45.7 Å². The van der Waals surface area contributed by atoms with Crippen molar-refractivity contribution in [2.24, 2.45) is 5.92 Å². The fourth-order valence-corrected chi connectivity index (χ4v) is 5.35. The van der Waals surface area contributed by atoms with Gasteiger partial charge in [-0.3, -0.25) is 19.1 Å². The number of fused-ring (bicyclic) bond motifs is 1. The van der Waals surface area contributed by atoms with Gasteiger partial charge in [-0.2, -0.15) is 5.10 Å². The predicted octanol–water partition coefficient (Wildman–Crippen LogP) is -8.02. The lowest BCUT2D eigenvalue weighted by molar-refractivity contribution is -0.137. The molecule has 0 unspecified atom stereocenters. The van der Waals surface area contributed by atoms with Gasteiger partial charge in [0, 0.05) is 18.5 Å². The molecule has 0 saturated carbocycles. The molecule has 196 valence electrons. The first-order valence-electron chi connectivity index (χ1n) is 13.6. The maximum atomic E-state index is 13.9. The average molecular weight is 558 g/mol. The topological polar surface area (TPSA) is 81.5 Å². The molecule has 2 heterocycles. The van der Waals surface area contributed by atoms with Crippen LogP contribution in [0.5, 0.6) is 5.75 Å². The molecular weight excluding hydrogens is 538 g/mol. The normalized spacial score (nSPS) is 14.8. The third-order valence-electron chi connectivity index (χ3n) is 7.91. The molecule has 0 saturated heterocycles. The van der Waals surface area contributed by atoms with Crippen LogP contribution in [0.25, 0.3) is 0 Å². The zero-order valence-corrected chi connectivity index (χ0v) is 24.8. The average Bonchev–Trinajstić information content (AvgIpc) is 2.97. The summed E-state index contributed by atoms with van der Waals surface area (Å²) >= 11 is 0. The van der Waals surface area contributed by atoms with Crippen LogP contribution in [0.4, 0.5) is 0 Å². The quantitative estimate of drug-likeness (QED) is 0.222. The molecule has 4 rings (SSSR count). The van der Waals surface area contributed by atoms with Gasteiger partial charge in [-0.1, -0.05) is 25.0 Å². The van der Waals surface area contributed by atoms with Crippen LogP contribution in [-0.2, 0) is 4.79 Å². The number of carbonyl (C=O) groups is 2. The van der Waals surface area contributed by atoms with E-state index < -0.39 is 47.0 Å². The number of esters is 1. The molecule has 1 amide bonds. The highest BCUT2D eigenvalue weighted by Gasteiger charge is 2.43. The minimum atomic E-state index is -1.14. The number of nitrogens with zero attached hydrogens (tertiary/aromatic N) is 3. The Kier molecular flexibility index (Phi) is 9.50. The van der Waals surface area contributed by atoms with Crippen LogP contribution >= 0.6 is 0 Å². The molecule has 20 radical (unpaired) electrons.